The van der Waals surface area contributed by atoms with Gasteiger partial charge in [0.2, 0.25) is 5.91 Å². The molecule has 24 heavy (non-hydrogen) atoms. The molecule has 1 saturated heterocycles. The fraction of sp³-hybridized carbons (Fsp3) is 0.611. The third-order valence-electron chi connectivity index (χ3n) is 5.21. The van der Waals surface area contributed by atoms with E-state index >= 15 is 0 Å². The summed E-state index contributed by atoms with van der Waals surface area (Å²) in [6, 6.07) is 7.62. The predicted molar refractivity (Wildman–Crippen MR) is 95.7 cm³/mol. The number of hydrogen-bond acceptors (Lipinski definition) is 4. The Labute approximate surface area is 149 Å². The third-order valence-corrected chi connectivity index (χ3v) is 5.21. The van der Waals surface area contributed by atoms with E-state index in [1.807, 2.05) is 18.2 Å². The summed E-state index contributed by atoms with van der Waals surface area (Å²) in [6.07, 6.45) is 3.87. The first-order valence-electron chi connectivity index (χ1n) is 8.41. The number of methoxy groups -OCH3 is 1. The standard InChI is InChI=1S/C18H26N2O3.ClH/c1-22-15-5-3-2-4-14(15)18(8-9-18)12-20-17(21)16(19)13-6-10-23-11-7-13;/h2-5,13,16H,6-12,19H2,1H3,(H,20,21);1H. The minimum Gasteiger partial charge on any atom is -0.496 e. The van der Waals surface area contributed by atoms with Gasteiger partial charge in [-0.05, 0) is 37.7 Å². The number of nitrogens with two attached hydrogens (primary N) is 1. The Bertz CT molecular complexity index is 557. The molecule has 0 radical (unpaired) electrons. The number of para-hydroxylation sites is 1. The van der Waals surface area contributed by atoms with Crippen molar-refractivity contribution < 1.29 is 14.3 Å². The van der Waals surface area contributed by atoms with Gasteiger partial charge in [0, 0.05) is 30.7 Å². The van der Waals surface area contributed by atoms with Crippen LogP contribution in [0.25, 0.3) is 0 Å². The van der Waals surface area contributed by atoms with Gasteiger partial charge in [0.25, 0.3) is 0 Å². The molecule has 0 spiro atoms. The van der Waals surface area contributed by atoms with E-state index in [1.165, 1.54) is 5.56 Å². The Morgan fingerprint density at radius 3 is 2.67 bits per heavy atom. The fourth-order valence-corrected chi connectivity index (χ4v) is 3.44. The monoisotopic (exact) mass is 354 g/mol. The first kappa shape index (κ1) is 19.0. The smallest absolute Gasteiger partial charge is 0.237 e. The van der Waals surface area contributed by atoms with Crippen molar-refractivity contribution in [1.29, 1.82) is 0 Å². The Morgan fingerprint density at radius 1 is 1.38 bits per heavy atom. The second-order valence-electron chi connectivity index (χ2n) is 6.67. The Hall–Kier alpha value is -1.30. The van der Waals surface area contributed by atoms with Gasteiger partial charge in [-0.2, -0.15) is 0 Å². The highest BCUT2D eigenvalue weighted by Gasteiger charge is 2.46. The molecule has 0 bridgehead atoms. The maximum Gasteiger partial charge on any atom is 0.237 e. The molecule has 1 atom stereocenters. The van der Waals surface area contributed by atoms with Gasteiger partial charge in [-0.1, -0.05) is 18.2 Å². The normalized spacial score (nSPS) is 20.6. The average molecular weight is 355 g/mol. The Morgan fingerprint density at radius 2 is 2.04 bits per heavy atom. The second-order valence-corrected chi connectivity index (χ2v) is 6.67. The number of carbonyl (C=O) groups excluding carboxylic acids is 1. The topological polar surface area (TPSA) is 73.6 Å². The maximum atomic E-state index is 12.4. The number of benzene rings is 1. The number of nitrogens with one attached hydrogen (secondary N) is 1. The van der Waals surface area contributed by atoms with Crippen molar-refractivity contribution in [3.8, 4) is 5.75 Å². The van der Waals surface area contributed by atoms with Crippen LogP contribution in [0.2, 0.25) is 0 Å². The van der Waals surface area contributed by atoms with Gasteiger partial charge in [-0.25, -0.2) is 0 Å². The van der Waals surface area contributed by atoms with Gasteiger partial charge >= 0.3 is 0 Å². The molecule has 1 saturated carbocycles. The van der Waals surface area contributed by atoms with E-state index in [2.05, 4.69) is 11.4 Å². The average Bonchev–Trinajstić information content (AvgIpc) is 3.41. The van der Waals surface area contributed by atoms with Crippen LogP contribution in [-0.4, -0.2) is 38.8 Å². The molecule has 3 rings (SSSR count). The number of ether oxygens (including phenoxy) is 2. The molecule has 3 N–H and O–H groups in total. The highest BCUT2D eigenvalue weighted by molar-refractivity contribution is 5.85. The molecule has 2 aliphatic rings. The van der Waals surface area contributed by atoms with Crippen LogP contribution in [0.5, 0.6) is 5.75 Å². The number of rotatable bonds is 6. The van der Waals surface area contributed by atoms with Crippen LogP contribution in [0.3, 0.4) is 0 Å². The van der Waals surface area contributed by atoms with Crippen LogP contribution in [0, 0.1) is 5.92 Å². The van der Waals surface area contributed by atoms with Gasteiger partial charge < -0.3 is 20.5 Å². The van der Waals surface area contributed by atoms with E-state index in [1.54, 1.807) is 7.11 Å². The van der Waals surface area contributed by atoms with Crippen LogP contribution in [-0.2, 0) is 14.9 Å². The zero-order valence-electron chi connectivity index (χ0n) is 14.1. The second kappa shape index (κ2) is 8.19. The molecular weight excluding hydrogens is 328 g/mol. The van der Waals surface area contributed by atoms with Crippen LogP contribution in [0.15, 0.2) is 24.3 Å². The molecule has 1 aromatic carbocycles. The summed E-state index contributed by atoms with van der Waals surface area (Å²) in [7, 11) is 1.69. The lowest BCUT2D eigenvalue weighted by Crippen LogP contribution is -2.48. The summed E-state index contributed by atoms with van der Waals surface area (Å²) in [5, 5.41) is 3.07. The van der Waals surface area contributed by atoms with Crippen LogP contribution >= 0.6 is 12.4 Å². The zero-order chi connectivity index (χ0) is 16.3. The molecule has 6 heteroatoms. The largest absolute Gasteiger partial charge is 0.496 e. The molecule has 1 heterocycles. The van der Waals surface area contributed by atoms with E-state index in [-0.39, 0.29) is 29.6 Å². The molecule has 2 fully saturated rings. The maximum absolute atomic E-state index is 12.4. The van der Waals surface area contributed by atoms with Gasteiger partial charge in [0.05, 0.1) is 13.2 Å². The Kier molecular flexibility index (Phi) is 6.49. The summed E-state index contributed by atoms with van der Waals surface area (Å²) in [5.74, 6) is 1.08. The number of hydrogen-bond donors (Lipinski definition) is 2. The molecule has 1 aliphatic heterocycles. The van der Waals surface area contributed by atoms with E-state index in [0.29, 0.717) is 19.8 Å². The van der Waals surface area contributed by atoms with E-state index in [4.69, 9.17) is 15.2 Å². The highest BCUT2D eigenvalue weighted by atomic mass is 35.5. The summed E-state index contributed by atoms with van der Waals surface area (Å²) in [5.41, 5.74) is 7.34. The van der Waals surface area contributed by atoms with Gasteiger partial charge in [-0.15, -0.1) is 12.4 Å². The lowest BCUT2D eigenvalue weighted by Gasteiger charge is -2.27. The fourth-order valence-electron chi connectivity index (χ4n) is 3.44. The summed E-state index contributed by atoms with van der Waals surface area (Å²) >= 11 is 0. The van der Waals surface area contributed by atoms with Crippen molar-refractivity contribution in [2.45, 2.75) is 37.1 Å². The third kappa shape index (κ3) is 4.02. The first-order chi connectivity index (χ1) is 11.2. The van der Waals surface area contributed by atoms with Crippen LogP contribution in [0.4, 0.5) is 0 Å². The molecule has 1 aromatic rings. The van der Waals surface area contributed by atoms with Crippen molar-refractivity contribution in [2.75, 3.05) is 26.9 Å². The van der Waals surface area contributed by atoms with Crippen molar-refractivity contribution >= 4 is 18.3 Å². The van der Waals surface area contributed by atoms with Crippen molar-refractivity contribution in [3.05, 3.63) is 29.8 Å². The van der Waals surface area contributed by atoms with Crippen molar-refractivity contribution in [3.63, 3.8) is 0 Å². The van der Waals surface area contributed by atoms with Crippen molar-refractivity contribution in [1.82, 2.24) is 5.32 Å². The molecule has 1 unspecified atom stereocenters. The molecule has 0 aromatic heterocycles. The molecule has 134 valence electrons. The van der Waals surface area contributed by atoms with Crippen LogP contribution in [0.1, 0.15) is 31.2 Å². The highest BCUT2D eigenvalue weighted by Crippen LogP contribution is 2.50. The van der Waals surface area contributed by atoms with Gasteiger partial charge in [0.15, 0.2) is 0 Å². The summed E-state index contributed by atoms with van der Waals surface area (Å²) in [4.78, 5) is 12.4. The molecule has 1 aliphatic carbocycles. The number of amides is 1. The van der Waals surface area contributed by atoms with E-state index in [9.17, 15) is 4.79 Å². The summed E-state index contributed by atoms with van der Waals surface area (Å²) in [6.45, 7) is 2.04. The predicted octanol–water partition coefficient (Wildman–Crippen LogP) is 2.02. The molecular formula is C18H27ClN2O3. The Balaban J connectivity index is 0.00000208. The quantitative estimate of drug-likeness (QED) is 0.819. The number of carbonyl (C=O) groups is 1. The minimum absolute atomic E-state index is 0. The lowest BCUT2D eigenvalue weighted by molar-refractivity contribution is -0.124. The van der Waals surface area contributed by atoms with Crippen LogP contribution < -0.4 is 15.8 Å². The van der Waals surface area contributed by atoms with Gasteiger partial charge in [0.1, 0.15) is 5.75 Å². The SMILES string of the molecule is COc1ccccc1C1(CNC(=O)C(N)C2CCOCC2)CC1.Cl. The van der Waals surface area contributed by atoms with E-state index in [0.717, 1.165) is 31.4 Å². The molecule has 1 amide bonds. The molecule has 5 nitrogen and oxygen atoms in total. The zero-order valence-corrected chi connectivity index (χ0v) is 14.9. The van der Waals surface area contributed by atoms with Gasteiger partial charge in [-0.3, -0.25) is 4.79 Å². The minimum atomic E-state index is -0.438. The lowest BCUT2D eigenvalue weighted by atomic mass is 9.91. The number of halogens is 1. The van der Waals surface area contributed by atoms with Crippen molar-refractivity contribution in [2.24, 2.45) is 11.7 Å². The summed E-state index contributed by atoms with van der Waals surface area (Å²) < 4.78 is 10.8. The first-order valence-corrected chi connectivity index (χ1v) is 8.41. The van der Waals surface area contributed by atoms with E-state index < -0.39 is 6.04 Å².